The van der Waals surface area contributed by atoms with E-state index in [1.807, 2.05) is 27.7 Å². The second-order valence-corrected chi connectivity index (χ2v) is 6.38. The topological polar surface area (TPSA) is 55.8 Å². The van der Waals surface area contributed by atoms with Crippen molar-refractivity contribution in [3.8, 4) is 0 Å². The van der Waals surface area contributed by atoms with Crippen molar-refractivity contribution in [3.05, 3.63) is 0 Å². The van der Waals surface area contributed by atoms with Crippen LogP contribution in [0.3, 0.4) is 0 Å². The summed E-state index contributed by atoms with van der Waals surface area (Å²) in [5.41, 5.74) is 0. The van der Waals surface area contributed by atoms with E-state index in [0.29, 0.717) is 12.3 Å². The standard InChI is InChI=1S/C16H32O4/c1-12(2)10-8-7-9-11-16(15(17)18,19-13(3)4)20-14(5)6/h12-14H,7-11H2,1-6H3,(H,17,18). The number of rotatable bonds is 11. The molecule has 0 spiro atoms. The van der Waals surface area contributed by atoms with Crippen molar-refractivity contribution in [1.29, 1.82) is 0 Å². The zero-order chi connectivity index (χ0) is 15.8. The molecule has 1 N–H and O–H groups in total. The van der Waals surface area contributed by atoms with Gasteiger partial charge < -0.3 is 14.6 Å². The van der Waals surface area contributed by atoms with Crippen molar-refractivity contribution in [1.82, 2.24) is 0 Å². The molecule has 0 saturated carbocycles. The number of hydrogen-bond acceptors (Lipinski definition) is 3. The highest BCUT2D eigenvalue weighted by atomic mass is 16.7. The monoisotopic (exact) mass is 288 g/mol. The van der Waals surface area contributed by atoms with Crippen LogP contribution in [0, 0.1) is 5.92 Å². The minimum absolute atomic E-state index is 0.180. The normalized spacial score (nSPS) is 12.7. The van der Waals surface area contributed by atoms with Gasteiger partial charge in [0.05, 0.1) is 12.2 Å². The maximum Gasteiger partial charge on any atom is 0.364 e. The summed E-state index contributed by atoms with van der Waals surface area (Å²) >= 11 is 0. The number of carboxylic acids is 1. The molecule has 0 saturated heterocycles. The summed E-state index contributed by atoms with van der Waals surface area (Å²) in [4.78, 5) is 11.6. The van der Waals surface area contributed by atoms with Gasteiger partial charge in [0, 0.05) is 6.42 Å². The lowest BCUT2D eigenvalue weighted by atomic mass is 10.0. The van der Waals surface area contributed by atoms with E-state index in [0.717, 1.165) is 19.3 Å². The molecule has 0 aliphatic rings. The van der Waals surface area contributed by atoms with Crippen LogP contribution in [0.15, 0.2) is 0 Å². The predicted octanol–water partition coefficient (Wildman–Crippen LogP) is 4.22. The largest absolute Gasteiger partial charge is 0.477 e. The molecule has 0 rings (SSSR count). The summed E-state index contributed by atoms with van der Waals surface area (Å²) in [7, 11) is 0. The Morgan fingerprint density at radius 2 is 1.45 bits per heavy atom. The van der Waals surface area contributed by atoms with Crippen LogP contribution >= 0.6 is 0 Å². The molecule has 20 heavy (non-hydrogen) atoms. The average Bonchev–Trinajstić information content (AvgIpc) is 2.25. The summed E-state index contributed by atoms with van der Waals surface area (Å²) in [6.07, 6.45) is 4.15. The van der Waals surface area contributed by atoms with Crippen LogP contribution in [-0.4, -0.2) is 29.1 Å². The zero-order valence-electron chi connectivity index (χ0n) is 13.9. The maximum atomic E-state index is 11.6. The molecule has 0 aliphatic carbocycles. The average molecular weight is 288 g/mol. The lowest BCUT2D eigenvalue weighted by Gasteiger charge is -2.33. The summed E-state index contributed by atoms with van der Waals surface area (Å²) < 4.78 is 11.2. The summed E-state index contributed by atoms with van der Waals surface area (Å²) in [5.74, 6) is -1.83. The van der Waals surface area contributed by atoms with Crippen LogP contribution in [0.4, 0.5) is 0 Å². The van der Waals surface area contributed by atoms with Crippen molar-refractivity contribution in [2.75, 3.05) is 0 Å². The molecule has 0 heterocycles. The Morgan fingerprint density at radius 1 is 0.950 bits per heavy atom. The van der Waals surface area contributed by atoms with E-state index in [4.69, 9.17) is 9.47 Å². The maximum absolute atomic E-state index is 11.6. The molecule has 0 bridgehead atoms. The first-order valence-corrected chi connectivity index (χ1v) is 7.78. The fraction of sp³-hybridized carbons (Fsp3) is 0.938. The summed E-state index contributed by atoms with van der Waals surface area (Å²) in [6.45, 7) is 11.7. The van der Waals surface area contributed by atoms with Gasteiger partial charge in [-0.25, -0.2) is 4.79 Å². The summed E-state index contributed by atoms with van der Waals surface area (Å²) in [5, 5.41) is 9.52. The van der Waals surface area contributed by atoms with E-state index >= 15 is 0 Å². The molecule has 0 radical (unpaired) electrons. The molecule has 120 valence electrons. The molecule has 4 heteroatoms. The minimum Gasteiger partial charge on any atom is -0.477 e. The molecular weight excluding hydrogens is 256 g/mol. The third-order valence-electron chi connectivity index (χ3n) is 2.97. The van der Waals surface area contributed by atoms with Gasteiger partial charge in [-0.2, -0.15) is 0 Å². The number of hydrogen-bond donors (Lipinski definition) is 1. The quantitative estimate of drug-likeness (QED) is 0.457. The Morgan fingerprint density at radius 3 is 1.80 bits per heavy atom. The van der Waals surface area contributed by atoms with Gasteiger partial charge in [-0.1, -0.05) is 33.1 Å². The van der Waals surface area contributed by atoms with Crippen molar-refractivity contribution in [2.24, 2.45) is 5.92 Å². The molecule has 0 aromatic rings. The first kappa shape index (κ1) is 19.4. The van der Waals surface area contributed by atoms with Crippen molar-refractivity contribution < 1.29 is 19.4 Å². The molecular formula is C16H32O4. The van der Waals surface area contributed by atoms with E-state index in [1.165, 1.54) is 6.42 Å². The van der Waals surface area contributed by atoms with Gasteiger partial charge in [-0.3, -0.25) is 0 Å². The van der Waals surface area contributed by atoms with Gasteiger partial charge in [0.2, 0.25) is 0 Å². The highest BCUT2D eigenvalue weighted by Crippen LogP contribution is 2.26. The highest BCUT2D eigenvalue weighted by molar-refractivity contribution is 5.75. The zero-order valence-corrected chi connectivity index (χ0v) is 13.9. The molecule has 0 aromatic carbocycles. The van der Waals surface area contributed by atoms with Crippen LogP contribution < -0.4 is 0 Å². The van der Waals surface area contributed by atoms with Gasteiger partial charge >= 0.3 is 5.97 Å². The number of ether oxygens (including phenoxy) is 2. The molecule has 4 nitrogen and oxygen atoms in total. The lowest BCUT2D eigenvalue weighted by molar-refractivity contribution is -0.270. The van der Waals surface area contributed by atoms with Crippen LogP contribution in [0.1, 0.15) is 73.6 Å². The van der Waals surface area contributed by atoms with E-state index in [1.54, 1.807) is 0 Å². The Bertz CT molecular complexity index is 262. The Balaban J connectivity index is 4.53. The fourth-order valence-corrected chi connectivity index (χ4v) is 2.20. The first-order valence-electron chi connectivity index (χ1n) is 7.78. The Labute approximate surface area is 123 Å². The smallest absolute Gasteiger partial charge is 0.364 e. The Hall–Kier alpha value is -0.610. The molecule has 0 aromatic heterocycles. The van der Waals surface area contributed by atoms with Gasteiger partial charge in [0.25, 0.3) is 5.79 Å². The SMILES string of the molecule is CC(C)CCCCCC(OC(C)C)(OC(C)C)C(=O)O. The first-order chi connectivity index (χ1) is 9.19. The molecule has 0 atom stereocenters. The molecule has 0 unspecified atom stereocenters. The van der Waals surface area contributed by atoms with E-state index < -0.39 is 11.8 Å². The number of aliphatic carboxylic acids is 1. The van der Waals surface area contributed by atoms with Crippen molar-refractivity contribution in [2.45, 2.75) is 91.6 Å². The molecule has 0 fully saturated rings. The van der Waals surface area contributed by atoms with Crippen LogP contribution in [0.5, 0.6) is 0 Å². The second-order valence-electron chi connectivity index (χ2n) is 6.38. The number of carboxylic acid groups (broad SMARTS) is 1. The van der Waals surface area contributed by atoms with Crippen molar-refractivity contribution in [3.63, 3.8) is 0 Å². The van der Waals surface area contributed by atoms with Crippen molar-refractivity contribution >= 4 is 5.97 Å². The summed E-state index contributed by atoms with van der Waals surface area (Å²) in [6, 6.07) is 0. The van der Waals surface area contributed by atoms with Crippen LogP contribution in [0.2, 0.25) is 0 Å². The molecule has 0 aliphatic heterocycles. The predicted molar refractivity (Wildman–Crippen MR) is 80.7 cm³/mol. The van der Waals surface area contributed by atoms with Gasteiger partial charge in [0.1, 0.15) is 0 Å². The minimum atomic E-state index is -1.50. The van der Waals surface area contributed by atoms with E-state index in [-0.39, 0.29) is 12.2 Å². The van der Waals surface area contributed by atoms with Crippen LogP contribution in [-0.2, 0) is 14.3 Å². The van der Waals surface area contributed by atoms with Gasteiger partial charge in [0.15, 0.2) is 0 Å². The third-order valence-corrected chi connectivity index (χ3v) is 2.97. The Kier molecular flexibility index (Phi) is 9.06. The lowest BCUT2D eigenvalue weighted by Crippen LogP contribution is -2.47. The second kappa shape index (κ2) is 9.35. The van der Waals surface area contributed by atoms with E-state index in [9.17, 15) is 9.90 Å². The van der Waals surface area contributed by atoms with Gasteiger partial charge in [-0.05, 0) is 40.0 Å². The number of carbonyl (C=O) groups is 1. The van der Waals surface area contributed by atoms with Crippen LogP contribution in [0.25, 0.3) is 0 Å². The third kappa shape index (κ3) is 7.85. The fourth-order valence-electron chi connectivity index (χ4n) is 2.20. The highest BCUT2D eigenvalue weighted by Gasteiger charge is 2.42. The molecule has 0 amide bonds. The van der Waals surface area contributed by atoms with E-state index in [2.05, 4.69) is 13.8 Å². The van der Waals surface area contributed by atoms with Gasteiger partial charge in [-0.15, -0.1) is 0 Å². The number of unbranched alkanes of at least 4 members (excludes halogenated alkanes) is 2.